The van der Waals surface area contributed by atoms with Gasteiger partial charge in [-0.15, -0.1) is 0 Å². The summed E-state index contributed by atoms with van der Waals surface area (Å²) in [6.07, 6.45) is -1.19. The first kappa shape index (κ1) is 80.3. The second-order valence-electron chi connectivity index (χ2n) is 19.5. The Hall–Kier alpha value is -9.72. The Morgan fingerprint density at radius 2 is 0.456 bits per heavy atom. The van der Waals surface area contributed by atoms with Crippen molar-refractivity contribution in [3.8, 4) is 0 Å². The summed E-state index contributed by atoms with van der Waals surface area (Å²) in [5, 5.41) is 132. The van der Waals surface area contributed by atoms with Crippen LogP contribution in [0, 0.1) is 27.0 Å². The molecule has 0 saturated heterocycles. The number of hydrogen-bond acceptors (Lipinski definition) is 22. The van der Waals surface area contributed by atoms with Gasteiger partial charge in [0, 0.05) is 32.7 Å². The number of rotatable bonds is 46. The number of aliphatic hydroxyl groups is 5. The van der Waals surface area contributed by atoms with Gasteiger partial charge in [-0.05, 0) is 64.2 Å². The van der Waals surface area contributed by atoms with E-state index in [1.807, 2.05) is 5.32 Å². The highest BCUT2D eigenvalue weighted by Crippen LogP contribution is 2.07. The number of nitrogens with two attached hydrogens (primary N) is 6. The molecule has 0 unspecified atom stereocenters. The smallest absolute Gasteiger partial charge is 0.328 e. The summed E-state index contributed by atoms with van der Waals surface area (Å²) < 4.78 is 0. The lowest BCUT2D eigenvalue weighted by Gasteiger charge is -2.27. The first-order valence-corrected chi connectivity index (χ1v) is 27.9. The molecule has 38 N–H and O–H groups in total. The van der Waals surface area contributed by atoms with Gasteiger partial charge in [0.15, 0.2) is 29.8 Å². The SMILES string of the molecule is N=C(N)NCCC[C@H](NC(=O)CN)C(=O)N[C@@H](CO)C(=O)N[C@@H](CCCNC(=N)N)C(=O)N[C@@H](CO)C(=O)N[C@@H](CCCNC(=N)N)C(=O)N[C@@H](CO)C(=O)N[C@@H](CCCNC(=N)N)C(=O)N[C@@H](CO)C(=O)N[C@@H](CCCNC(=N)N)C(=O)N[C@@H](CO)C(=O)O. The van der Waals surface area contributed by atoms with Crippen LogP contribution in [-0.2, 0) is 52.7 Å². The topological polar surface area (TPSA) is 765 Å². The van der Waals surface area contributed by atoms with Crippen LogP contribution < -0.4 is 114 Å². The second-order valence-corrected chi connectivity index (χ2v) is 19.5. The van der Waals surface area contributed by atoms with E-state index >= 15 is 0 Å². The molecule has 0 aliphatic heterocycles. The Morgan fingerprint density at radius 3 is 0.622 bits per heavy atom. The van der Waals surface area contributed by atoms with Crippen molar-refractivity contribution in [1.29, 1.82) is 27.0 Å². The Morgan fingerprint density at radius 1 is 0.289 bits per heavy atom. The molecule has 0 rings (SSSR count). The molecule has 10 amide bonds. The molecule has 0 aromatic rings. The Kier molecular flexibility index (Phi) is 39.8. The minimum Gasteiger partial charge on any atom is -0.480 e. The average molecular weight is 1290 g/mol. The predicted molar refractivity (Wildman–Crippen MR) is 317 cm³/mol. The zero-order valence-corrected chi connectivity index (χ0v) is 49.3. The van der Waals surface area contributed by atoms with Crippen LogP contribution in [0.25, 0.3) is 0 Å². The first-order valence-electron chi connectivity index (χ1n) is 27.9. The van der Waals surface area contributed by atoms with Crippen LogP contribution in [0.5, 0.6) is 0 Å². The van der Waals surface area contributed by atoms with Gasteiger partial charge in [0.2, 0.25) is 59.1 Å². The van der Waals surface area contributed by atoms with E-state index in [0.29, 0.717) is 0 Å². The van der Waals surface area contributed by atoms with Gasteiger partial charge < -0.3 is 145 Å². The average Bonchev–Trinajstić information content (AvgIpc) is 3.50. The Bertz CT molecular complexity index is 2450. The number of aliphatic carboxylic acids is 1. The monoisotopic (exact) mass is 1290 g/mol. The molecule has 43 nitrogen and oxygen atoms in total. The van der Waals surface area contributed by atoms with Gasteiger partial charge in [-0.2, -0.15) is 0 Å². The predicted octanol–water partition coefficient (Wildman–Crippen LogP) is -14.8. The van der Waals surface area contributed by atoms with E-state index < -0.39 is 189 Å². The number of carbonyl (C=O) groups excluding carboxylic acids is 10. The standard InChI is InChI=1S/C47H90N26O17/c48-16-32(79)64-22(6-1-11-59-43(49)50)33(80)69-27(17-74)38(85)65-23(7-2-12-60-44(51)52)34(81)70-28(18-75)39(86)66-24(8-3-13-61-45(53)54)35(82)71-29(19-76)40(87)67-25(9-4-14-62-46(55)56)36(83)72-30(20-77)41(88)68-26(10-5-15-63-47(57)58)37(84)73-31(21-78)42(89)90/h22-31,74-78H,1-21,48H2,(H,64,79)(H,65,85)(H,66,86)(H,67,87)(H,68,88)(H,69,80)(H,70,81)(H,71,82)(H,72,83)(H,73,84)(H,89,90)(H4,49,50,59)(H4,51,52,60)(H4,53,54,61)(H4,55,56,62)(H4,57,58,63)/t22-,23-,24-,25-,26-,27-,28-,29-,30-,31-/m0/s1. The molecule has 43 heteroatoms. The molecule has 0 heterocycles. The highest BCUT2D eigenvalue weighted by Gasteiger charge is 2.36. The maximum absolute atomic E-state index is 14.0. The van der Waals surface area contributed by atoms with Crippen LogP contribution in [0.15, 0.2) is 0 Å². The third kappa shape index (κ3) is 34.0. The quantitative estimate of drug-likeness (QED) is 0.0153. The van der Waals surface area contributed by atoms with Gasteiger partial charge in [0.05, 0.1) is 39.6 Å². The summed E-state index contributed by atoms with van der Waals surface area (Å²) in [7, 11) is 0. The number of amides is 10. The van der Waals surface area contributed by atoms with Gasteiger partial charge in [-0.3, -0.25) is 75.0 Å². The van der Waals surface area contributed by atoms with Crippen LogP contribution in [0.4, 0.5) is 0 Å². The fourth-order valence-corrected chi connectivity index (χ4v) is 7.66. The summed E-state index contributed by atoms with van der Waals surface area (Å²) >= 11 is 0. The molecule has 10 atom stereocenters. The lowest BCUT2D eigenvalue weighted by Crippen LogP contribution is -2.62. The van der Waals surface area contributed by atoms with Crippen molar-refractivity contribution in [3.63, 3.8) is 0 Å². The van der Waals surface area contributed by atoms with E-state index in [-0.39, 0.29) is 103 Å². The minimum atomic E-state index is -1.95. The van der Waals surface area contributed by atoms with Crippen LogP contribution in [0.1, 0.15) is 64.2 Å². The van der Waals surface area contributed by atoms with Crippen molar-refractivity contribution in [1.82, 2.24) is 79.8 Å². The molecule has 0 spiro atoms. The van der Waals surface area contributed by atoms with E-state index in [9.17, 15) is 83.4 Å². The van der Waals surface area contributed by atoms with Crippen molar-refractivity contribution < 1.29 is 83.4 Å². The van der Waals surface area contributed by atoms with Crippen LogP contribution in [0.3, 0.4) is 0 Å². The lowest BCUT2D eigenvalue weighted by molar-refractivity contribution is -0.143. The molecule has 510 valence electrons. The zero-order valence-electron chi connectivity index (χ0n) is 49.3. The van der Waals surface area contributed by atoms with E-state index in [1.165, 1.54) is 0 Å². The van der Waals surface area contributed by atoms with Crippen LogP contribution >= 0.6 is 0 Å². The summed E-state index contributed by atoms with van der Waals surface area (Å²) in [5.74, 6) is -15.1. The number of nitrogens with one attached hydrogen (secondary N) is 20. The lowest BCUT2D eigenvalue weighted by atomic mass is 10.1. The number of aliphatic hydroxyl groups excluding tert-OH is 5. The number of carbonyl (C=O) groups is 11. The highest BCUT2D eigenvalue weighted by atomic mass is 16.4. The van der Waals surface area contributed by atoms with Crippen molar-refractivity contribution in [2.75, 3.05) is 72.3 Å². The number of hydrogen-bond donors (Lipinski definition) is 32. The van der Waals surface area contributed by atoms with Gasteiger partial charge in [-0.25, -0.2) is 4.79 Å². The second kappa shape index (κ2) is 44.7. The summed E-state index contributed by atoms with van der Waals surface area (Å²) in [6.45, 7) is -6.22. The highest BCUT2D eigenvalue weighted by molar-refractivity contribution is 5.99. The van der Waals surface area contributed by atoms with Crippen molar-refractivity contribution in [2.45, 2.75) is 125 Å². The molecule has 90 heavy (non-hydrogen) atoms. The summed E-state index contributed by atoms with van der Waals surface area (Å²) in [5.41, 5.74) is 32.1. The molecular formula is C47H90N26O17. The van der Waals surface area contributed by atoms with Gasteiger partial charge in [-0.1, -0.05) is 0 Å². The molecule has 0 saturated carbocycles. The van der Waals surface area contributed by atoms with E-state index in [4.69, 9.17) is 61.4 Å². The molecule has 0 bridgehead atoms. The maximum Gasteiger partial charge on any atom is 0.328 e. The fraction of sp³-hybridized carbons (Fsp3) is 0.660. The largest absolute Gasteiger partial charge is 0.480 e. The van der Waals surface area contributed by atoms with Crippen LogP contribution in [-0.4, -0.2) is 258 Å². The van der Waals surface area contributed by atoms with Gasteiger partial charge >= 0.3 is 5.97 Å². The number of guanidine groups is 5. The third-order valence-corrected chi connectivity index (χ3v) is 12.4. The molecule has 0 aliphatic rings. The minimum absolute atomic E-state index is 0.00426. The van der Waals surface area contributed by atoms with Crippen LogP contribution in [0.2, 0.25) is 0 Å². The van der Waals surface area contributed by atoms with Crippen molar-refractivity contribution >= 4 is 94.8 Å². The fourth-order valence-electron chi connectivity index (χ4n) is 7.66. The normalized spacial score (nSPS) is 14.0. The van der Waals surface area contributed by atoms with E-state index in [2.05, 4.69) is 74.4 Å². The maximum atomic E-state index is 14.0. The molecule has 0 fully saturated rings. The summed E-state index contributed by atoms with van der Waals surface area (Å²) in [6, 6.07) is -17.3. The molecule has 0 aromatic heterocycles. The first-order chi connectivity index (χ1) is 42.5. The molecule has 0 radical (unpaired) electrons. The van der Waals surface area contributed by atoms with E-state index in [1.54, 1.807) is 0 Å². The number of carboxylic acid groups (broad SMARTS) is 1. The van der Waals surface area contributed by atoms with E-state index in [0.717, 1.165) is 0 Å². The molecule has 0 aromatic carbocycles. The third-order valence-electron chi connectivity index (χ3n) is 12.4. The number of carboxylic acids is 1. The molecular weight excluding hydrogens is 1200 g/mol. The van der Waals surface area contributed by atoms with Gasteiger partial charge in [0.25, 0.3) is 0 Å². The Labute approximate surface area is 515 Å². The summed E-state index contributed by atoms with van der Waals surface area (Å²) in [4.78, 5) is 147. The Balaban J connectivity index is 6.79. The van der Waals surface area contributed by atoms with Crippen molar-refractivity contribution in [2.24, 2.45) is 34.4 Å². The van der Waals surface area contributed by atoms with Crippen molar-refractivity contribution in [3.05, 3.63) is 0 Å². The van der Waals surface area contributed by atoms with Gasteiger partial charge in [0.1, 0.15) is 60.4 Å². The zero-order chi connectivity index (χ0) is 68.5. The molecule has 0 aliphatic carbocycles.